The summed E-state index contributed by atoms with van der Waals surface area (Å²) in [7, 11) is -3.32. The lowest BCUT2D eigenvalue weighted by atomic mass is 10.1. The van der Waals surface area contributed by atoms with Crippen LogP contribution in [0.25, 0.3) is 0 Å². The summed E-state index contributed by atoms with van der Waals surface area (Å²) in [5.41, 5.74) is 0.540. The van der Waals surface area contributed by atoms with Crippen LogP contribution in [0.1, 0.15) is 49.0 Å². The van der Waals surface area contributed by atoms with E-state index in [2.05, 4.69) is 20.8 Å². The number of nitrogens with one attached hydrogen (secondary N) is 2. The molecule has 192 valence electrons. The van der Waals surface area contributed by atoms with Crippen LogP contribution >= 0.6 is 11.3 Å². The van der Waals surface area contributed by atoms with Crippen molar-refractivity contribution in [3.63, 3.8) is 0 Å². The van der Waals surface area contributed by atoms with Crippen LogP contribution in [0.3, 0.4) is 0 Å². The summed E-state index contributed by atoms with van der Waals surface area (Å²) in [4.78, 5) is 38.0. The van der Waals surface area contributed by atoms with Gasteiger partial charge in [0.2, 0.25) is 5.91 Å². The molecule has 2 amide bonds. The normalized spacial score (nSPS) is 19.8. The number of hydrogen-bond donors (Lipinski definition) is 2. The average molecular weight is 532 g/mol. The Balaban J connectivity index is 1.30. The van der Waals surface area contributed by atoms with Gasteiger partial charge in [0.05, 0.1) is 16.7 Å². The van der Waals surface area contributed by atoms with E-state index in [1.54, 1.807) is 18.3 Å². The van der Waals surface area contributed by atoms with Crippen molar-refractivity contribution in [2.75, 3.05) is 25.0 Å². The highest BCUT2D eigenvalue weighted by molar-refractivity contribution is 7.92. The van der Waals surface area contributed by atoms with Crippen molar-refractivity contribution < 1.29 is 22.8 Å². The van der Waals surface area contributed by atoms with Crippen LogP contribution in [0.5, 0.6) is 0 Å². The Labute approximate surface area is 214 Å². The number of nitrogens with zero attached hydrogens (tertiary/aromatic N) is 3. The molecule has 10 nitrogen and oxygen atoms in total. The Kier molecular flexibility index (Phi) is 7.35. The molecular formula is C24H29N5O5S2. The highest BCUT2D eigenvalue weighted by atomic mass is 32.2. The minimum absolute atomic E-state index is 0.00152. The lowest BCUT2D eigenvalue weighted by Gasteiger charge is -2.25. The number of anilines is 1. The summed E-state index contributed by atoms with van der Waals surface area (Å²) < 4.78 is 25.1. The van der Waals surface area contributed by atoms with E-state index in [0.29, 0.717) is 43.2 Å². The molecule has 2 aromatic rings. The molecule has 2 heterocycles. The first-order valence-corrected chi connectivity index (χ1v) is 14.6. The second kappa shape index (κ2) is 10.7. The van der Waals surface area contributed by atoms with Gasteiger partial charge in [0, 0.05) is 36.3 Å². The number of amides is 2. The minimum atomic E-state index is -3.32. The monoisotopic (exact) mass is 531 g/mol. The van der Waals surface area contributed by atoms with Crippen molar-refractivity contribution in [2.45, 2.75) is 61.3 Å². The number of thiazole rings is 1. The quantitative estimate of drug-likeness (QED) is 0.375. The van der Waals surface area contributed by atoms with Crippen molar-refractivity contribution >= 4 is 43.8 Å². The van der Waals surface area contributed by atoms with Gasteiger partial charge in [-0.2, -0.15) is 0 Å². The van der Waals surface area contributed by atoms with Crippen LogP contribution in [0.15, 0.2) is 40.5 Å². The van der Waals surface area contributed by atoms with Gasteiger partial charge in [-0.25, -0.2) is 13.4 Å². The molecule has 2 saturated carbocycles. The second-order valence-electron chi connectivity index (χ2n) is 9.37. The largest absolute Gasteiger partial charge is 0.392 e. The molecule has 0 bridgehead atoms. The molecule has 2 aliphatic carbocycles. The Hall–Kier alpha value is -2.83. The van der Waals surface area contributed by atoms with Gasteiger partial charge in [0.25, 0.3) is 5.91 Å². The maximum Gasteiger partial charge on any atom is 0.280 e. The van der Waals surface area contributed by atoms with E-state index in [4.69, 9.17) is 4.84 Å². The zero-order chi connectivity index (χ0) is 25.1. The van der Waals surface area contributed by atoms with E-state index in [9.17, 15) is 18.0 Å². The molecule has 3 fully saturated rings. The van der Waals surface area contributed by atoms with Crippen LogP contribution in [0.2, 0.25) is 0 Å². The Morgan fingerprint density at radius 2 is 1.94 bits per heavy atom. The molecule has 2 N–H and O–H groups in total. The summed E-state index contributed by atoms with van der Waals surface area (Å²) >= 11 is 1.34. The fourth-order valence-electron chi connectivity index (χ4n) is 4.36. The standard InChI is InChI=1S/C24H29N5O5S2/c30-21-15-29(12-11-25-21)14-18-13-26-24(35-18)27-23(31)22(28-34-17-3-1-2-4-17)16-5-7-19(8-6-16)36(32,33)20-9-10-20/h5-8,13,17,20H,1-4,9-12,14-15H2,(H,25,30)(H,26,27,31). The van der Waals surface area contributed by atoms with Gasteiger partial charge in [-0.05, 0) is 50.7 Å². The molecule has 0 spiro atoms. The Bertz CT molecular complexity index is 1250. The van der Waals surface area contributed by atoms with E-state index in [1.165, 1.54) is 23.5 Å². The van der Waals surface area contributed by atoms with E-state index < -0.39 is 15.7 Å². The lowest BCUT2D eigenvalue weighted by molar-refractivity contribution is -0.124. The smallest absolute Gasteiger partial charge is 0.280 e. The molecule has 1 aliphatic heterocycles. The predicted molar refractivity (Wildman–Crippen MR) is 136 cm³/mol. The van der Waals surface area contributed by atoms with Gasteiger partial charge in [0.1, 0.15) is 6.10 Å². The van der Waals surface area contributed by atoms with Crippen molar-refractivity contribution in [1.29, 1.82) is 0 Å². The van der Waals surface area contributed by atoms with E-state index in [0.717, 1.165) is 37.1 Å². The molecule has 1 aromatic carbocycles. The fraction of sp³-hybridized carbons (Fsp3) is 0.500. The van der Waals surface area contributed by atoms with Gasteiger partial charge in [-0.15, -0.1) is 11.3 Å². The Morgan fingerprint density at radius 1 is 1.19 bits per heavy atom. The van der Waals surface area contributed by atoms with Gasteiger partial charge in [0.15, 0.2) is 20.7 Å². The van der Waals surface area contributed by atoms with E-state index in [1.807, 2.05) is 4.90 Å². The molecule has 1 aromatic heterocycles. The van der Waals surface area contributed by atoms with Gasteiger partial charge >= 0.3 is 0 Å². The fourth-order valence-corrected chi connectivity index (χ4v) is 6.87. The number of benzene rings is 1. The molecule has 0 unspecified atom stereocenters. The van der Waals surface area contributed by atoms with Crippen LogP contribution in [0.4, 0.5) is 5.13 Å². The summed E-state index contributed by atoms with van der Waals surface area (Å²) in [5, 5.41) is 9.91. The van der Waals surface area contributed by atoms with Crippen LogP contribution in [-0.2, 0) is 30.8 Å². The summed E-state index contributed by atoms with van der Waals surface area (Å²) in [6.45, 7) is 2.28. The maximum atomic E-state index is 13.2. The SMILES string of the molecule is O=C1CN(Cc2cnc(NC(=O)C(=NOC3CCCC3)c3ccc(S(=O)(=O)C4CC4)cc3)s2)CCN1. The van der Waals surface area contributed by atoms with Gasteiger partial charge in [-0.3, -0.25) is 19.8 Å². The molecule has 12 heteroatoms. The highest BCUT2D eigenvalue weighted by Gasteiger charge is 2.36. The molecule has 3 aliphatic rings. The molecule has 0 atom stereocenters. The zero-order valence-corrected chi connectivity index (χ0v) is 21.4. The van der Waals surface area contributed by atoms with Crippen molar-refractivity contribution in [3.8, 4) is 0 Å². The first-order valence-electron chi connectivity index (χ1n) is 12.2. The number of rotatable bonds is 9. The van der Waals surface area contributed by atoms with Crippen LogP contribution in [-0.4, -0.2) is 66.8 Å². The molecule has 0 radical (unpaired) electrons. The first-order chi connectivity index (χ1) is 17.4. The predicted octanol–water partition coefficient (Wildman–Crippen LogP) is 2.31. The average Bonchev–Trinajstić information content (AvgIpc) is 3.44. The van der Waals surface area contributed by atoms with Crippen LogP contribution < -0.4 is 10.6 Å². The summed E-state index contributed by atoms with van der Waals surface area (Å²) in [6, 6.07) is 6.25. The number of carbonyl (C=O) groups excluding carboxylic acids is 2. The van der Waals surface area contributed by atoms with Crippen molar-refractivity contribution in [1.82, 2.24) is 15.2 Å². The third kappa shape index (κ3) is 5.93. The number of sulfone groups is 1. The van der Waals surface area contributed by atoms with Crippen LogP contribution in [0, 0.1) is 0 Å². The molecule has 5 rings (SSSR count). The number of piperazine rings is 1. The zero-order valence-electron chi connectivity index (χ0n) is 19.8. The number of aromatic nitrogens is 1. The van der Waals surface area contributed by atoms with Gasteiger partial charge < -0.3 is 10.2 Å². The number of hydrogen-bond acceptors (Lipinski definition) is 9. The number of oxime groups is 1. The molecule has 1 saturated heterocycles. The van der Waals surface area contributed by atoms with E-state index >= 15 is 0 Å². The first kappa shape index (κ1) is 24.8. The highest BCUT2D eigenvalue weighted by Crippen LogP contribution is 2.33. The summed E-state index contributed by atoms with van der Waals surface area (Å²) in [6.07, 6.45) is 6.95. The van der Waals surface area contributed by atoms with E-state index in [-0.39, 0.29) is 27.9 Å². The third-order valence-electron chi connectivity index (χ3n) is 6.50. The van der Waals surface area contributed by atoms with Crippen molar-refractivity contribution in [3.05, 3.63) is 40.9 Å². The minimum Gasteiger partial charge on any atom is -0.392 e. The van der Waals surface area contributed by atoms with Crippen molar-refractivity contribution in [2.24, 2.45) is 5.16 Å². The van der Waals surface area contributed by atoms with Gasteiger partial charge in [-0.1, -0.05) is 17.3 Å². The topological polar surface area (TPSA) is 130 Å². The summed E-state index contributed by atoms with van der Waals surface area (Å²) in [5.74, 6) is -0.484. The maximum absolute atomic E-state index is 13.2. The third-order valence-corrected chi connectivity index (χ3v) is 9.68. The lowest BCUT2D eigenvalue weighted by Crippen LogP contribution is -2.46. The second-order valence-corrected chi connectivity index (χ2v) is 12.7. The molecule has 36 heavy (non-hydrogen) atoms. The number of carbonyl (C=O) groups is 2. The Morgan fingerprint density at radius 3 is 2.64 bits per heavy atom. The molecular weight excluding hydrogens is 502 g/mol.